The standard InChI is InChI=1S/C119H104N4Si2/c1-75-48-66-94-104(67-49-75)120(102-36-17-15-34-92(102)115(94,2)3)81-57-63-88-87-62-55-78(70-97(87)118(8,9)98(88)71-81)52-56-79-30-27-33-91-84(79)32-29-42-101(91)123-107-40-21-25-46-112(107)125(14,113-47-26-22-41-108(113)123)74-80-31-28-43-109-114(80)119(10,11)93-35-16-18-37-103(93)121(109)82-58-64-89-85-60-53-76(68-95(85)116(4,5)99(89)72-82)50-51-77-54-61-86-90-65-59-83(73-100(90)117(6,7)96(86)69-77)122-105-38-19-23-44-110(105)124(12,13)111-45-24-20-39-106(111)122/h15-66,68-73H,67,74H2,1-14H3. The van der Waals surface area contributed by atoms with Gasteiger partial charge in [-0.1, -0.05) is 361 Å². The molecule has 23 rings (SSSR count). The van der Waals surface area contributed by atoms with Gasteiger partial charge in [-0.05, 0) is 241 Å². The van der Waals surface area contributed by atoms with Crippen molar-refractivity contribution in [2.75, 3.05) is 19.6 Å². The summed E-state index contributed by atoms with van der Waals surface area (Å²) in [6.07, 6.45) is 17.3. The summed E-state index contributed by atoms with van der Waals surface area (Å²) in [6, 6.07) is 121. The van der Waals surface area contributed by atoms with E-state index in [9.17, 15) is 0 Å². The minimum Gasteiger partial charge on any atom is -0.313 e. The summed E-state index contributed by atoms with van der Waals surface area (Å²) in [5, 5.41) is 8.33. The van der Waals surface area contributed by atoms with E-state index in [4.69, 9.17) is 0 Å². The lowest BCUT2D eigenvalue weighted by molar-refractivity contribution is 0.614. The Hall–Kier alpha value is -13.1. The van der Waals surface area contributed by atoms with Crippen LogP contribution in [0.4, 0.5) is 62.6 Å². The van der Waals surface area contributed by atoms with Gasteiger partial charge in [0, 0.05) is 90.1 Å². The zero-order chi connectivity index (χ0) is 85.3. The van der Waals surface area contributed by atoms with Crippen LogP contribution in [-0.4, -0.2) is 16.1 Å². The minimum absolute atomic E-state index is 0.125. The smallest absolute Gasteiger partial charge is 0.124 e. The number of nitrogens with zero attached hydrogens (tertiary/aromatic N) is 4. The van der Waals surface area contributed by atoms with Crippen LogP contribution in [0.15, 0.2) is 344 Å². The Morgan fingerprint density at radius 2 is 0.672 bits per heavy atom. The summed E-state index contributed by atoms with van der Waals surface area (Å²) in [7, 11) is -4.56. The molecule has 0 saturated carbocycles. The molecule has 15 aromatic carbocycles. The molecule has 0 atom stereocenters. The molecule has 8 aliphatic rings. The molecule has 4 nitrogen and oxygen atoms in total. The molecule has 0 bridgehead atoms. The first-order valence-corrected chi connectivity index (χ1v) is 50.8. The SMILES string of the molecule is CC1=CCC2=C(C=C1)C(C)(C)c1ccccc1N2c1ccc2c(c1)C(C)(C)c1cc(C=Cc3cccc4c(N5c6ccccc6[Si](C)(Cc6cccc7c6C(C)(C)c6ccccc6N7c6ccc7c(c6)C(C)(C)c6cc(C=Cc8ccc9c(c8)C(C)(C)c8cc(N%10c%11ccccc%11[Si](C)(C)c%11ccccc%11%10)ccc8-9)ccc6-7)c6ccccc65)cccc34)ccc1-2. The van der Waals surface area contributed by atoms with Gasteiger partial charge in [0.25, 0.3) is 0 Å². The maximum absolute atomic E-state index is 2.65. The van der Waals surface area contributed by atoms with Crippen LogP contribution >= 0.6 is 0 Å². The molecule has 0 N–H and O–H groups in total. The Balaban J connectivity index is 0.530. The number of para-hydroxylation sites is 6. The summed E-state index contributed by atoms with van der Waals surface area (Å²) in [6.45, 7) is 34.2. The lowest BCUT2D eigenvalue weighted by atomic mass is 9.72. The van der Waals surface area contributed by atoms with Crippen LogP contribution in [0.2, 0.25) is 19.6 Å². The minimum atomic E-state index is -2.65. The molecule has 0 amide bonds. The lowest BCUT2D eigenvalue weighted by Crippen LogP contribution is -2.62. The number of hydrogen-bond acceptors (Lipinski definition) is 4. The average Bonchev–Trinajstić information content (AvgIpc) is 1.71. The summed E-state index contributed by atoms with van der Waals surface area (Å²) < 4.78 is 0. The molecule has 0 aromatic heterocycles. The highest BCUT2D eigenvalue weighted by atomic mass is 28.3. The van der Waals surface area contributed by atoms with Crippen molar-refractivity contribution in [1.29, 1.82) is 0 Å². The fraction of sp³-hybridized carbons (Fsp3) is 0.176. The van der Waals surface area contributed by atoms with Crippen LogP contribution < -0.4 is 40.3 Å². The van der Waals surface area contributed by atoms with Gasteiger partial charge < -0.3 is 19.6 Å². The van der Waals surface area contributed by atoms with E-state index < -0.39 is 16.1 Å². The topological polar surface area (TPSA) is 13.0 Å². The van der Waals surface area contributed by atoms with E-state index in [2.05, 4.69) is 467 Å². The fourth-order valence-corrected chi connectivity index (χ4v) is 31.2. The number of benzene rings is 15. The molecule has 15 aromatic rings. The average molecular weight is 1650 g/mol. The molecule has 125 heavy (non-hydrogen) atoms. The van der Waals surface area contributed by atoms with Gasteiger partial charge in [-0.2, -0.15) is 0 Å². The maximum Gasteiger partial charge on any atom is 0.124 e. The number of hydrogen-bond donors (Lipinski definition) is 0. The van der Waals surface area contributed by atoms with Gasteiger partial charge >= 0.3 is 0 Å². The Bertz CT molecular complexity index is 7270. The van der Waals surface area contributed by atoms with Crippen molar-refractivity contribution in [2.24, 2.45) is 0 Å². The summed E-state index contributed by atoms with van der Waals surface area (Å²) in [5.74, 6) is 0. The summed E-state index contributed by atoms with van der Waals surface area (Å²) >= 11 is 0. The monoisotopic (exact) mass is 1640 g/mol. The first-order chi connectivity index (χ1) is 60.3. The van der Waals surface area contributed by atoms with E-state index in [-0.39, 0.29) is 27.1 Å². The number of rotatable bonds is 10. The van der Waals surface area contributed by atoms with Crippen molar-refractivity contribution in [2.45, 2.75) is 135 Å². The van der Waals surface area contributed by atoms with Crippen molar-refractivity contribution >= 4 is 135 Å². The van der Waals surface area contributed by atoms with Gasteiger partial charge in [0.1, 0.15) is 16.1 Å². The van der Waals surface area contributed by atoms with Crippen LogP contribution in [-0.2, 0) is 33.1 Å². The fourth-order valence-electron chi connectivity index (χ4n) is 24.0. The van der Waals surface area contributed by atoms with Crippen molar-refractivity contribution in [3.63, 3.8) is 0 Å². The number of fused-ring (bicyclic) bond motifs is 17. The molecule has 4 aliphatic heterocycles. The van der Waals surface area contributed by atoms with Crippen LogP contribution in [0.25, 0.3) is 68.5 Å². The highest BCUT2D eigenvalue weighted by Crippen LogP contribution is 2.60. The molecular formula is C119H104N4Si2. The number of anilines is 11. The van der Waals surface area contributed by atoms with Gasteiger partial charge in [-0.25, -0.2) is 0 Å². The molecule has 4 aliphatic carbocycles. The van der Waals surface area contributed by atoms with Crippen LogP contribution in [0.5, 0.6) is 0 Å². The van der Waals surface area contributed by atoms with Crippen LogP contribution in [0, 0.1) is 0 Å². The van der Waals surface area contributed by atoms with E-state index >= 15 is 0 Å². The van der Waals surface area contributed by atoms with E-state index in [1.54, 1.807) is 0 Å². The van der Waals surface area contributed by atoms with E-state index in [1.807, 2.05) is 0 Å². The third-order valence-corrected chi connectivity index (χ3v) is 38.4. The highest BCUT2D eigenvalue weighted by Gasteiger charge is 2.49. The normalized spacial score (nSPS) is 17.5. The van der Waals surface area contributed by atoms with E-state index in [0.717, 1.165) is 12.5 Å². The molecule has 608 valence electrons. The van der Waals surface area contributed by atoms with Gasteiger partial charge in [-0.3, -0.25) is 0 Å². The van der Waals surface area contributed by atoms with Gasteiger partial charge in [0.05, 0.1) is 17.1 Å². The van der Waals surface area contributed by atoms with Gasteiger partial charge in [0.15, 0.2) is 0 Å². The third kappa shape index (κ3) is 11.2. The Morgan fingerprint density at radius 1 is 0.296 bits per heavy atom. The molecule has 6 heteroatoms. The van der Waals surface area contributed by atoms with Crippen molar-refractivity contribution in [1.82, 2.24) is 0 Å². The molecule has 0 fully saturated rings. The predicted octanol–water partition coefficient (Wildman–Crippen LogP) is 29.2. The van der Waals surface area contributed by atoms with E-state index in [0.29, 0.717) is 0 Å². The molecule has 4 heterocycles. The first kappa shape index (κ1) is 76.8. The van der Waals surface area contributed by atoms with Gasteiger partial charge in [-0.15, -0.1) is 0 Å². The highest BCUT2D eigenvalue weighted by molar-refractivity contribution is 7.03. The van der Waals surface area contributed by atoms with Gasteiger partial charge in [0.2, 0.25) is 0 Å². The largest absolute Gasteiger partial charge is 0.313 e. The van der Waals surface area contributed by atoms with Crippen LogP contribution in [0.3, 0.4) is 0 Å². The summed E-state index contributed by atoms with van der Waals surface area (Å²) in [4.78, 5) is 10.3. The molecule has 0 radical (unpaired) electrons. The van der Waals surface area contributed by atoms with E-state index in [1.165, 1.54) is 222 Å². The second-order valence-electron chi connectivity index (χ2n) is 39.9. The predicted molar refractivity (Wildman–Crippen MR) is 537 cm³/mol. The first-order valence-electron chi connectivity index (χ1n) is 45.0. The Kier molecular flexibility index (Phi) is 16.9. The van der Waals surface area contributed by atoms with Crippen LogP contribution in [0.1, 0.15) is 160 Å². The number of allylic oxidation sites excluding steroid dienone is 5. The zero-order valence-electron chi connectivity index (χ0n) is 74.2. The zero-order valence-corrected chi connectivity index (χ0v) is 76.2. The lowest BCUT2D eigenvalue weighted by Gasteiger charge is -2.46. The van der Waals surface area contributed by atoms with Crippen molar-refractivity contribution in [3.8, 4) is 33.4 Å². The molecular weight excluding hydrogens is 1540 g/mol. The van der Waals surface area contributed by atoms with Crippen molar-refractivity contribution in [3.05, 3.63) is 422 Å². The molecule has 0 spiro atoms. The third-order valence-electron chi connectivity index (χ3n) is 30.6. The second kappa shape index (κ2) is 27.4. The quantitative estimate of drug-likeness (QED) is 0.0999. The molecule has 0 saturated heterocycles. The summed E-state index contributed by atoms with van der Waals surface area (Å²) in [5.41, 5.74) is 43.2. The Morgan fingerprint density at radius 3 is 1.18 bits per heavy atom. The Labute approximate surface area is 739 Å². The van der Waals surface area contributed by atoms with Crippen molar-refractivity contribution < 1.29 is 0 Å². The maximum atomic E-state index is 2.65. The second-order valence-corrected chi connectivity index (χ2v) is 48.3. The molecule has 0 unspecified atom stereocenters.